The predicted molar refractivity (Wildman–Crippen MR) is 63.0 cm³/mol. The second kappa shape index (κ2) is 4.95. The predicted octanol–water partition coefficient (Wildman–Crippen LogP) is 1.70. The maximum absolute atomic E-state index is 11.9. The van der Waals surface area contributed by atoms with E-state index in [9.17, 15) is 9.59 Å². The first-order valence-electron chi connectivity index (χ1n) is 5.37. The van der Waals surface area contributed by atoms with E-state index in [4.69, 9.17) is 5.11 Å². The molecule has 0 aromatic carbocycles. The number of carboxylic acids is 1. The van der Waals surface area contributed by atoms with Crippen molar-refractivity contribution in [1.82, 2.24) is 10.3 Å². The van der Waals surface area contributed by atoms with Crippen LogP contribution in [0.25, 0.3) is 0 Å². The minimum absolute atomic E-state index is 0.132. The average Bonchev–Trinajstić information content (AvgIpc) is 2.28. The molecule has 0 aliphatic carbocycles. The molecule has 0 atom stereocenters. The van der Waals surface area contributed by atoms with Crippen LogP contribution in [-0.4, -0.2) is 27.5 Å². The molecule has 0 bridgehead atoms. The van der Waals surface area contributed by atoms with Crippen molar-refractivity contribution >= 4 is 11.9 Å². The molecule has 92 valence electrons. The standard InChI is InChI=1S/C12H16N2O3/c1-4-12(2,3)14-10(15)8-5-6-13-9(7-8)11(16)17/h5-7H,4H2,1-3H3,(H,14,15)(H,16,17). The molecule has 0 unspecified atom stereocenters. The fourth-order valence-electron chi connectivity index (χ4n) is 1.16. The number of rotatable bonds is 4. The monoisotopic (exact) mass is 236 g/mol. The first-order chi connectivity index (χ1) is 7.85. The summed E-state index contributed by atoms with van der Waals surface area (Å²) in [6.45, 7) is 5.78. The van der Waals surface area contributed by atoms with Gasteiger partial charge in [-0.05, 0) is 32.4 Å². The van der Waals surface area contributed by atoms with Crippen molar-refractivity contribution in [3.63, 3.8) is 0 Å². The number of hydrogen-bond acceptors (Lipinski definition) is 3. The summed E-state index contributed by atoms with van der Waals surface area (Å²) in [7, 11) is 0. The lowest BCUT2D eigenvalue weighted by atomic mass is 10.0. The summed E-state index contributed by atoms with van der Waals surface area (Å²) in [5, 5.41) is 11.6. The molecule has 0 aliphatic heterocycles. The van der Waals surface area contributed by atoms with Crippen LogP contribution in [0, 0.1) is 0 Å². The van der Waals surface area contributed by atoms with E-state index in [0.29, 0.717) is 5.56 Å². The third-order valence-corrected chi connectivity index (χ3v) is 2.58. The second-order valence-electron chi connectivity index (χ2n) is 4.43. The fourth-order valence-corrected chi connectivity index (χ4v) is 1.16. The Labute approximate surface area is 99.9 Å². The number of amides is 1. The summed E-state index contributed by atoms with van der Waals surface area (Å²) in [5.74, 6) is -1.43. The van der Waals surface area contributed by atoms with Crippen LogP contribution in [0.3, 0.4) is 0 Å². The molecule has 1 aromatic rings. The maximum Gasteiger partial charge on any atom is 0.354 e. The summed E-state index contributed by atoms with van der Waals surface area (Å²) >= 11 is 0. The number of carbonyl (C=O) groups is 2. The minimum atomic E-state index is -1.14. The van der Waals surface area contributed by atoms with Gasteiger partial charge in [-0.2, -0.15) is 0 Å². The molecule has 1 heterocycles. The molecule has 0 radical (unpaired) electrons. The number of carbonyl (C=O) groups excluding carboxylic acids is 1. The number of nitrogens with zero attached hydrogens (tertiary/aromatic N) is 1. The van der Waals surface area contributed by atoms with Crippen LogP contribution < -0.4 is 5.32 Å². The number of carboxylic acid groups (broad SMARTS) is 1. The molecule has 5 nitrogen and oxygen atoms in total. The SMILES string of the molecule is CCC(C)(C)NC(=O)c1ccnc(C(=O)O)c1. The van der Waals surface area contributed by atoms with E-state index in [2.05, 4.69) is 10.3 Å². The van der Waals surface area contributed by atoms with Crippen molar-refractivity contribution in [1.29, 1.82) is 0 Å². The maximum atomic E-state index is 11.9. The zero-order chi connectivity index (χ0) is 13.1. The van der Waals surface area contributed by atoms with Gasteiger partial charge in [-0.25, -0.2) is 9.78 Å². The van der Waals surface area contributed by atoms with Crippen molar-refractivity contribution in [2.24, 2.45) is 0 Å². The lowest BCUT2D eigenvalue weighted by molar-refractivity contribution is 0.0690. The highest BCUT2D eigenvalue weighted by Gasteiger charge is 2.19. The minimum Gasteiger partial charge on any atom is -0.477 e. The largest absolute Gasteiger partial charge is 0.477 e. The Morgan fingerprint density at radius 1 is 1.47 bits per heavy atom. The number of aromatic nitrogens is 1. The Kier molecular flexibility index (Phi) is 3.83. The Hall–Kier alpha value is -1.91. The van der Waals surface area contributed by atoms with Gasteiger partial charge in [0.15, 0.2) is 0 Å². The Balaban J connectivity index is 2.90. The van der Waals surface area contributed by atoms with Gasteiger partial charge < -0.3 is 10.4 Å². The Bertz CT molecular complexity index is 441. The van der Waals surface area contributed by atoms with Crippen LogP contribution in [0.1, 0.15) is 48.0 Å². The normalized spacial score (nSPS) is 11.0. The van der Waals surface area contributed by atoms with E-state index in [0.717, 1.165) is 6.42 Å². The molecular formula is C12H16N2O3. The molecule has 17 heavy (non-hydrogen) atoms. The smallest absolute Gasteiger partial charge is 0.354 e. The molecule has 5 heteroatoms. The van der Waals surface area contributed by atoms with E-state index < -0.39 is 5.97 Å². The van der Waals surface area contributed by atoms with Crippen LogP contribution >= 0.6 is 0 Å². The van der Waals surface area contributed by atoms with E-state index >= 15 is 0 Å². The van der Waals surface area contributed by atoms with Crippen molar-refractivity contribution in [2.45, 2.75) is 32.7 Å². The molecule has 0 saturated heterocycles. The van der Waals surface area contributed by atoms with Gasteiger partial charge in [0, 0.05) is 17.3 Å². The number of aromatic carboxylic acids is 1. The molecule has 0 fully saturated rings. The molecule has 1 amide bonds. The van der Waals surface area contributed by atoms with Gasteiger partial charge in [0.05, 0.1) is 0 Å². The number of hydrogen-bond donors (Lipinski definition) is 2. The van der Waals surface area contributed by atoms with Gasteiger partial charge in [0.2, 0.25) is 0 Å². The average molecular weight is 236 g/mol. The van der Waals surface area contributed by atoms with Crippen LogP contribution in [0.2, 0.25) is 0 Å². The fraction of sp³-hybridized carbons (Fsp3) is 0.417. The summed E-state index contributed by atoms with van der Waals surface area (Å²) in [6, 6.07) is 2.76. The van der Waals surface area contributed by atoms with E-state index in [1.165, 1.54) is 18.3 Å². The van der Waals surface area contributed by atoms with E-state index in [-0.39, 0.29) is 17.1 Å². The van der Waals surface area contributed by atoms with Crippen LogP contribution in [0.15, 0.2) is 18.3 Å². The lowest BCUT2D eigenvalue weighted by Crippen LogP contribution is -2.42. The van der Waals surface area contributed by atoms with Gasteiger partial charge in [-0.15, -0.1) is 0 Å². The first kappa shape index (κ1) is 13.2. The van der Waals surface area contributed by atoms with Crippen LogP contribution in [-0.2, 0) is 0 Å². The van der Waals surface area contributed by atoms with Gasteiger partial charge >= 0.3 is 5.97 Å². The summed E-state index contributed by atoms with van der Waals surface area (Å²) in [4.78, 5) is 26.2. The van der Waals surface area contributed by atoms with Crippen molar-refractivity contribution in [3.8, 4) is 0 Å². The third-order valence-electron chi connectivity index (χ3n) is 2.58. The van der Waals surface area contributed by atoms with Crippen molar-refractivity contribution < 1.29 is 14.7 Å². The third kappa shape index (κ3) is 3.55. The highest BCUT2D eigenvalue weighted by Crippen LogP contribution is 2.09. The van der Waals surface area contributed by atoms with Gasteiger partial charge in [0.1, 0.15) is 5.69 Å². The molecule has 0 aliphatic rings. The summed E-state index contributed by atoms with van der Waals surface area (Å²) in [6.07, 6.45) is 2.10. The summed E-state index contributed by atoms with van der Waals surface area (Å²) in [5.41, 5.74) is -0.144. The van der Waals surface area contributed by atoms with Crippen LogP contribution in [0.4, 0.5) is 0 Å². The van der Waals surface area contributed by atoms with E-state index in [1.807, 2.05) is 20.8 Å². The second-order valence-corrected chi connectivity index (χ2v) is 4.43. The topological polar surface area (TPSA) is 79.3 Å². The molecule has 0 saturated carbocycles. The van der Waals surface area contributed by atoms with Gasteiger partial charge in [-0.1, -0.05) is 6.92 Å². The zero-order valence-corrected chi connectivity index (χ0v) is 10.2. The number of pyridine rings is 1. The van der Waals surface area contributed by atoms with Crippen LogP contribution in [0.5, 0.6) is 0 Å². The van der Waals surface area contributed by atoms with E-state index in [1.54, 1.807) is 0 Å². The molecule has 1 rings (SSSR count). The van der Waals surface area contributed by atoms with Gasteiger partial charge in [0.25, 0.3) is 5.91 Å². The highest BCUT2D eigenvalue weighted by atomic mass is 16.4. The molecule has 0 spiro atoms. The van der Waals surface area contributed by atoms with Gasteiger partial charge in [-0.3, -0.25) is 4.79 Å². The Morgan fingerprint density at radius 3 is 2.65 bits per heavy atom. The summed E-state index contributed by atoms with van der Waals surface area (Å²) < 4.78 is 0. The Morgan fingerprint density at radius 2 is 2.12 bits per heavy atom. The molecule has 1 aromatic heterocycles. The lowest BCUT2D eigenvalue weighted by Gasteiger charge is -2.24. The molecular weight excluding hydrogens is 220 g/mol. The van der Waals surface area contributed by atoms with Crippen molar-refractivity contribution in [3.05, 3.63) is 29.6 Å². The molecule has 2 N–H and O–H groups in total. The first-order valence-corrected chi connectivity index (χ1v) is 5.37. The highest BCUT2D eigenvalue weighted by molar-refractivity contribution is 5.96. The van der Waals surface area contributed by atoms with Crippen molar-refractivity contribution in [2.75, 3.05) is 0 Å². The quantitative estimate of drug-likeness (QED) is 0.833. The number of nitrogens with one attached hydrogen (secondary N) is 1. The zero-order valence-electron chi connectivity index (χ0n) is 10.2.